The number of carbonyl (C=O) groups excluding carboxylic acids is 2. The molecule has 0 aliphatic heterocycles. The first-order valence-corrected chi connectivity index (χ1v) is 17.8. The maximum absolute atomic E-state index is 13.1. The van der Waals surface area contributed by atoms with Gasteiger partial charge in [-0.1, -0.05) is 83.1 Å². The number of benzene rings is 3. The third-order valence-electron chi connectivity index (χ3n) is 7.60. The van der Waals surface area contributed by atoms with Gasteiger partial charge in [-0.2, -0.15) is 0 Å². The van der Waals surface area contributed by atoms with Crippen LogP contribution in [0.3, 0.4) is 0 Å². The van der Waals surface area contributed by atoms with Gasteiger partial charge >= 0.3 is 0 Å². The number of carbonyl (C=O) groups is 2. The Morgan fingerprint density at radius 1 is 0.585 bits per heavy atom. The zero-order chi connectivity index (χ0) is 38.1. The van der Waals surface area contributed by atoms with Crippen molar-refractivity contribution < 1.29 is 19.1 Å². The highest BCUT2D eigenvalue weighted by molar-refractivity contribution is 6.35. The molecule has 0 saturated heterocycles. The molecule has 6 rings (SSSR count). The molecule has 0 aliphatic rings. The van der Waals surface area contributed by atoms with Crippen molar-refractivity contribution in [3.63, 3.8) is 0 Å². The molecule has 0 bridgehead atoms. The van der Waals surface area contributed by atoms with Crippen LogP contribution in [-0.4, -0.2) is 40.9 Å². The number of hydrogen-bond acceptors (Lipinski definition) is 7. The van der Waals surface area contributed by atoms with E-state index in [2.05, 4.69) is 21.9 Å². The number of halogens is 5. The normalized spacial score (nSPS) is 10.5. The van der Waals surface area contributed by atoms with Crippen LogP contribution in [0.2, 0.25) is 25.1 Å². The number of ether oxygens (including phenoxy) is 2. The van der Waals surface area contributed by atoms with Crippen LogP contribution in [0.4, 0.5) is 11.5 Å². The summed E-state index contributed by atoms with van der Waals surface area (Å²) in [5.74, 6) is 0.630. The number of nitrogens with zero attached hydrogens (tertiary/aromatic N) is 5. The highest BCUT2D eigenvalue weighted by Gasteiger charge is 2.23. The fourth-order valence-corrected chi connectivity index (χ4v) is 5.80. The third kappa shape index (κ3) is 9.75. The molecule has 0 spiro atoms. The maximum atomic E-state index is 13.1. The average Bonchev–Trinajstić information content (AvgIpc) is 3.17. The molecule has 2 amide bonds. The van der Waals surface area contributed by atoms with E-state index < -0.39 is 0 Å². The molecule has 0 unspecified atom stereocenters. The Morgan fingerprint density at radius 2 is 1.08 bits per heavy atom. The minimum Gasteiger partial charge on any atom is -0.437 e. The second-order valence-corrected chi connectivity index (χ2v) is 13.2. The van der Waals surface area contributed by atoms with Gasteiger partial charge < -0.3 is 14.4 Å². The summed E-state index contributed by atoms with van der Waals surface area (Å²) < 4.78 is 11.5. The van der Waals surface area contributed by atoms with Gasteiger partial charge in [0.2, 0.25) is 11.8 Å². The number of aryl methyl sites for hydroxylation is 1. The fourth-order valence-electron chi connectivity index (χ4n) is 4.92. The molecule has 53 heavy (non-hydrogen) atoms. The van der Waals surface area contributed by atoms with Crippen molar-refractivity contribution >= 4 is 81.3 Å². The van der Waals surface area contributed by atoms with E-state index in [1.165, 1.54) is 11.1 Å². The molecule has 0 fully saturated rings. The predicted molar refractivity (Wildman–Crippen MR) is 212 cm³/mol. The standard InChI is InChI=1S/C21H18Cl2N2O2.C18H12Cl3N3O2/c1-3-14-7-4-5-9-18(14)25(2)21(26)16-8-6-12-24-20(16)27-19-13-15(22)10-11-17(19)23;1-24(16-14(21)5-3-8-22-16)18(25)12-4-2-9-23-17(12)26-15-10-11(19)6-7-13(15)20/h4-13H,3H2,1-2H3;2-10H,1H3. The molecular weight excluding hydrogens is 780 g/mol. The molecule has 0 aliphatic carbocycles. The Labute approximate surface area is 331 Å². The van der Waals surface area contributed by atoms with Crippen molar-refractivity contribution in [1.29, 1.82) is 0 Å². The van der Waals surface area contributed by atoms with E-state index >= 15 is 0 Å². The molecule has 0 atom stereocenters. The van der Waals surface area contributed by atoms with E-state index in [9.17, 15) is 9.59 Å². The Kier molecular flexibility index (Phi) is 13.5. The van der Waals surface area contributed by atoms with Crippen LogP contribution in [0.25, 0.3) is 0 Å². The number of rotatable bonds is 9. The zero-order valence-electron chi connectivity index (χ0n) is 28.4. The summed E-state index contributed by atoms with van der Waals surface area (Å²) in [6.07, 6.45) is 5.45. The number of pyridine rings is 3. The quantitative estimate of drug-likeness (QED) is 0.143. The number of hydrogen-bond donors (Lipinski definition) is 0. The van der Waals surface area contributed by atoms with Crippen LogP contribution in [0, 0.1) is 0 Å². The summed E-state index contributed by atoms with van der Waals surface area (Å²) in [6.45, 7) is 2.05. The minimum atomic E-state index is -0.383. The molecule has 3 aromatic heterocycles. The SMILES string of the molecule is CCc1ccccc1N(C)C(=O)c1cccnc1Oc1cc(Cl)ccc1Cl.CN(C(=O)c1cccnc1Oc1cc(Cl)ccc1Cl)c1ncccc1Cl. The first-order chi connectivity index (χ1) is 25.5. The van der Waals surface area contributed by atoms with Gasteiger partial charge in [-0.05, 0) is 78.7 Å². The topological polar surface area (TPSA) is 97.8 Å². The van der Waals surface area contributed by atoms with E-state index in [-0.39, 0.29) is 29.1 Å². The van der Waals surface area contributed by atoms with Gasteiger partial charge in [0.15, 0.2) is 5.82 Å². The van der Waals surface area contributed by atoms with Gasteiger partial charge in [0.05, 0.1) is 15.1 Å². The van der Waals surface area contributed by atoms with Gasteiger partial charge in [-0.3, -0.25) is 14.5 Å². The zero-order valence-corrected chi connectivity index (χ0v) is 32.2. The van der Waals surface area contributed by atoms with E-state index in [1.54, 1.807) is 104 Å². The lowest BCUT2D eigenvalue weighted by atomic mass is 10.1. The largest absolute Gasteiger partial charge is 0.437 e. The lowest BCUT2D eigenvalue weighted by Gasteiger charge is -2.21. The molecule has 6 aromatic rings. The molecule has 0 saturated carbocycles. The molecule has 3 aromatic carbocycles. The third-order valence-corrected chi connectivity index (χ3v) is 8.99. The van der Waals surface area contributed by atoms with Gasteiger partial charge in [0, 0.05) is 60.6 Å². The summed E-state index contributed by atoms with van der Waals surface area (Å²) in [6, 6.07) is 27.4. The van der Waals surface area contributed by atoms with Crippen LogP contribution in [0.5, 0.6) is 23.3 Å². The minimum absolute atomic E-state index is 0.0978. The average molecular weight is 810 g/mol. The second-order valence-electron chi connectivity index (χ2n) is 11.1. The highest BCUT2D eigenvalue weighted by Crippen LogP contribution is 2.35. The second kappa shape index (κ2) is 18.2. The molecule has 3 heterocycles. The van der Waals surface area contributed by atoms with Gasteiger partial charge in [-0.15, -0.1) is 0 Å². The van der Waals surface area contributed by atoms with E-state index in [0.717, 1.165) is 17.7 Å². The Hall–Kier alpha value is -4.90. The van der Waals surface area contributed by atoms with Crippen molar-refractivity contribution in [1.82, 2.24) is 15.0 Å². The molecule has 9 nitrogen and oxygen atoms in total. The molecule has 0 N–H and O–H groups in total. The van der Waals surface area contributed by atoms with Gasteiger partial charge in [-0.25, -0.2) is 15.0 Å². The number of para-hydroxylation sites is 1. The van der Waals surface area contributed by atoms with Crippen LogP contribution in [0.1, 0.15) is 33.2 Å². The number of anilines is 2. The summed E-state index contributed by atoms with van der Waals surface area (Å²) in [5, 5.41) is 2.01. The van der Waals surface area contributed by atoms with E-state index in [1.807, 2.05) is 24.3 Å². The lowest BCUT2D eigenvalue weighted by Crippen LogP contribution is -2.27. The summed E-state index contributed by atoms with van der Waals surface area (Å²) in [4.78, 5) is 41.4. The van der Waals surface area contributed by atoms with Crippen LogP contribution >= 0.6 is 58.0 Å². The first-order valence-electron chi connectivity index (χ1n) is 15.9. The van der Waals surface area contributed by atoms with E-state index in [4.69, 9.17) is 67.5 Å². The number of aromatic nitrogens is 3. The highest BCUT2D eigenvalue weighted by atomic mass is 35.5. The molecule has 270 valence electrons. The first kappa shape index (κ1) is 39.3. The van der Waals surface area contributed by atoms with E-state index in [0.29, 0.717) is 48.0 Å². The van der Waals surface area contributed by atoms with Crippen LogP contribution in [0.15, 0.2) is 116 Å². The van der Waals surface area contributed by atoms with Crippen LogP contribution < -0.4 is 19.3 Å². The van der Waals surface area contributed by atoms with Crippen molar-refractivity contribution in [3.05, 3.63) is 157 Å². The Balaban J connectivity index is 0.000000204. The number of amides is 2. The summed E-state index contributed by atoms with van der Waals surface area (Å²) in [7, 11) is 3.31. The smallest absolute Gasteiger partial charge is 0.264 e. The van der Waals surface area contributed by atoms with Crippen molar-refractivity contribution in [3.8, 4) is 23.3 Å². The van der Waals surface area contributed by atoms with Gasteiger partial charge in [0.1, 0.15) is 22.6 Å². The maximum Gasteiger partial charge on any atom is 0.264 e. The Morgan fingerprint density at radius 3 is 1.60 bits per heavy atom. The molecule has 0 radical (unpaired) electrons. The predicted octanol–water partition coefficient (Wildman–Crippen LogP) is 11.5. The summed E-state index contributed by atoms with van der Waals surface area (Å²) >= 11 is 30.4. The van der Waals surface area contributed by atoms with Crippen molar-refractivity contribution in [2.24, 2.45) is 0 Å². The monoisotopic (exact) mass is 807 g/mol. The van der Waals surface area contributed by atoms with Gasteiger partial charge in [0.25, 0.3) is 11.8 Å². The molecular formula is C39H30Cl5N5O4. The van der Waals surface area contributed by atoms with Crippen molar-refractivity contribution in [2.75, 3.05) is 23.9 Å². The van der Waals surface area contributed by atoms with Crippen LogP contribution in [-0.2, 0) is 6.42 Å². The van der Waals surface area contributed by atoms with Crippen molar-refractivity contribution in [2.45, 2.75) is 13.3 Å². The Bertz CT molecular complexity index is 2260. The fraction of sp³-hybridized carbons (Fsp3) is 0.103. The summed E-state index contributed by atoms with van der Waals surface area (Å²) in [5.41, 5.74) is 2.49. The lowest BCUT2D eigenvalue weighted by molar-refractivity contribution is 0.0981. The molecule has 14 heteroatoms.